The summed E-state index contributed by atoms with van der Waals surface area (Å²) in [7, 11) is 3.95. The van der Waals surface area contributed by atoms with E-state index in [1.807, 2.05) is 0 Å². The van der Waals surface area contributed by atoms with Crippen LogP contribution in [0.4, 0.5) is 0 Å². The Hall–Kier alpha value is -1.10. The Kier molecular flexibility index (Phi) is 5.88. The standard InChI is InChI=1S/C8H14O5/c1-11-6(8(10)13-3)4-5-7(9)12-2/h6H,4-5H2,1-3H3. The highest BCUT2D eigenvalue weighted by molar-refractivity contribution is 5.76. The van der Waals surface area contributed by atoms with E-state index in [0.29, 0.717) is 0 Å². The molecule has 76 valence electrons. The van der Waals surface area contributed by atoms with Gasteiger partial charge in [-0.2, -0.15) is 0 Å². The second kappa shape index (κ2) is 6.42. The summed E-state index contributed by atoms with van der Waals surface area (Å²) in [5.74, 6) is -0.850. The highest BCUT2D eigenvalue weighted by Crippen LogP contribution is 2.04. The third-order valence-electron chi connectivity index (χ3n) is 1.59. The summed E-state index contributed by atoms with van der Waals surface area (Å²) >= 11 is 0. The average Bonchev–Trinajstić information content (AvgIpc) is 2.17. The Bertz CT molecular complexity index is 177. The zero-order valence-electron chi connectivity index (χ0n) is 8.03. The van der Waals surface area contributed by atoms with Crippen LogP contribution < -0.4 is 0 Å². The van der Waals surface area contributed by atoms with E-state index in [4.69, 9.17) is 4.74 Å². The van der Waals surface area contributed by atoms with Crippen LogP contribution in [0, 0.1) is 0 Å². The number of ether oxygens (including phenoxy) is 3. The molecule has 0 aliphatic heterocycles. The summed E-state index contributed by atoms with van der Waals surface area (Å²) in [5, 5.41) is 0. The molecule has 0 aromatic carbocycles. The van der Waals surface area contributed by atoms with Crippen LogP contribution in [-0.2, 0) is 23.8 Å². The van der Waals surface area contributed by atoms with Gasteiger partial charge in [-0.25, -0.2) is 4.79 Å². The van der Waals surface area contributed by atoms with Crippen LogP contribution in [-0.4, -0.2) is 39.4 Å². The molecule has 13 heavy (non-hydrogen) atoms. The quantitative estimate of drug-likeness (QED) is 0.576. The van der Waals surface area contributed by atoms with Crippen LogP contribution in [0.15, 0.2) is 0 Å². The van der Waals surface area contributed by atoms with E-state index in [-0.39, 0.29) is 18.8 Å². The molecule has 5 heteroatoms. The number of methoxy groups -OCH3 is 3. The molecule has 5 nitrogen and oxygen atoms in total. The number of esters is 2. The maximum Gasteiger partial charge on any atom is 0.334 e. The number of hydrogen-bond acceptors (Lipinski definition) is 5. The van der Waals surface area contributed by atoms with Gasteiger partial charge in [0.15, 0.2) is 6.10 Å². The third-order valence-corrected chi connectivity index (χ3v) is 1.59. The van der Waals surface area contributed by atoms with Crippen molar-refractivity contribution in [3.05, 3.63) is 0 Å². The highest BCUT2D eigenvalue weighted by atomic mass is 16.6. The molecule has 0 radical (unpaired) electrons. The van der Waals surface area contributed by atoms with E-state index in [1.54, 1.807) is 0 Å². The normalized spacial score (nSPS) is 11.9. The number of carbonyl (C=O) groups is 2. The van der Waals surface area contributed by atoms with Crippen molar-refractivity contribution < 1.29 is 23.8 Å². The van der Waals surface area contributed by atoms with E-state index in [2.05, 4.69) is 9.47 Å². The van der Waals surface area contributed by atoms with E-state index < -0.39 is 12.1 Å². The minimum Gasteiger partial charge on any atom is -0.469 e. The van der Waals surface area contributed by atoms with Crippen LogP contribution in [0.25, 0.3) is 0 Å². The molecule has 0 fully saturated rings. The van der Waals surface area contributed by atoms with Crippen molar-refractivity contribution in [1.29, 1.82) is 0 Å². The molecular weight excluding hydrogens is 176 g/mol. The summed E-state index contributed by atoms with van der Waals surface area (Å²) in [6.45, 7) is 0. The van der Waals surface area contributed by atoms with Crippen molar-refractivity contribution >= 4 is 11.9 Å². The van der Waals surface area contributed by atoms with E-state index >= 15 is 0 Å². The molecular formula is C8H14O5. The van der Waals surface area contributed by atoms with E-state index in [1.165, 1.54) is 21.3 Å². The first-order valence-corrected chi connectivity index (χ1v) is 3.83. The van der Waals surface area contributed by atoms with Gasteiger partial charge in [0.05, 0.1) is 14.2 Å². The highest BCUT2D eigenvalue weighted by Gasteiger charge is 2.19. The molecule has 0 bridgehead atoms. The van der Waals surface area contributed by atoms with Gasteiger partial charge in [0.25, 0.3) is 0 Å². The Morgan fingerprint density at radius 2 is 1.77 bits per heavy atom. The summed E-state index contributed by atoms with van der Waals surface area (Å²) in [6.07, 6.45) is -0.274. The van der Waals surface area contributed by atoms with Crippen molar-refractivity contribution in [3.63, 3.8) is 0 Å². The van der Waals surface area contributed by atoms with Gasteiger partial charge < -0.3 is 14.2 Å². The summed E-state index contributed by atoms with van der Waals surface area (Å²) < 4.78 is 13.7. The summed E-state index contributed by atoms with van der Waals surface area (Å²) in [6, 6.07) is 0. The van der Waals surface area contributed by atoms with Gasteiger partial charge in [0.1, 0.15) is 0 Å². The molecule has 0 rings (SSSR count). The number of rotatable bonds is 5. The fourth-order valence-electron chi connectivity index (χ4n) is 0.814. The number of carbonyl (C=O) groups excluding carboxylic acids is 2. The molecule has 0 aliphatic rings. The number of hydrogen-bond donors (Lipinski definition) is 0. The smallest absolute Gasteiger partial charge is 0.334 e. The largest absolute Gasteiger partial charge is 0.469 e. The lowest BCUT2D eigenvalue weighted by Gasteiger charge is -2.11. The predicted octanol–water partition coefficient (Wildman–Crippen LogP) is 0.128. The molecule has 0 saturated carbocycles. The zero-order valence-corrected chi connectivity index (χ0v) is 8.03. The van der Waals surface area contributed by atoms with Crippen LogP contribution in [0.2, 0.25) is 0 Å². The summed E-state index contributed by atoms with van der Waals surface area (Å²) in [4.78, 5) is 21.7. The summed E-state index contributed by atoms with van der Waals surface area (Å²) in [5.41, 5.74) is 0. The molecule has 0 N–H and O–H groups in total. The maximum atomic E-state index is 10.9. The molecule has 0 aromatic rings. The lowest BCUT2D eigenvalue weighted by atomic mass is 10.2. The molecule has 1 unspecified atom stereocenters. The minimum absolute atomic E-state index is 0.143. The SMILES string of the molecule is COC(=O)CCC(OC)C(=O)OC. The Labute approximate surface area is 77.0 Å². The van der Waals surface area contributed by atoms with Crippen molar-refractivity contribution in [3.8, 4) is 0 Å². The van der Waals surface area contributed by atoms with Gasteiger partial charge in [-0.05, 0) is 6.42 Å². The first kappa shape index (κ1) is 11.9. The van der Waals surface area contributed by atoms with Crippen LogP contribution in [0.3, 0.4) is 0 Å². The monoisotopic (exact) mass is 190 g/mol. The van der Waals surface area contributed by atoms with Crippen molar-refractivity contribution in [1.82, 2.24) is 0 Å². The topological polar surface area (TPSA) is 61.8 Å². The molecule has 0 spiro atoms. The van der Waals surface area contributed by atoms with Gasteiger partial charge in [-0.1, -0.05) is 0 Å². The fraction of sp³-hybridized carbons (Fsp3) is 0.750. The Balaban J connectivity index is 3.85. The van der Waals surface area contributed by atoms with E-state index in [9.17, 15) is 9.59 Å². The molecule has 0 amide bonds. The van der Waals surface area contributed by atoms with Crippen LogP contribution in [0.1, 0.15) is 12.8 Å². The fourth-order valence-corrected chi connectivity index (χ4v) is 0.814. The second-order valence-electron chi connectivity index (χ2n) is 2.36. The Morgan fingerprint density at radius 3 is 2.15 bits per heavy atom. The maximum absolute atomic E-state index is 10.9. The van der Waals surface area contributed by atoms with Gasteiger partial charge in [-0.15, -0.1) is 0 Å². The molecule has 0 heterocycles. The van der Waals surface area contributed by atoms with Gasteiger partial charge >= 0.3 is 11.9 Å². The third kappa shape index (κ3) is 4.47. The lowest BCUT2D eigenvalue weighted by Crippen LogP contribution is -2.25. The molecule has 0 saturated heterocycles. The van der Waals surface area contributed by atoms with Gasteiger partial charge in [-0.3, -0.25) is 4.79 Å². The van der Waals surface area contributed by atoms with E-state index in [0.717, 1.165) is 0 Å². The molecule has 0 aromatic heterocycles. The first-order chi connectivity index (χ1) is 6.15. The minimum atomic E-state index is -0.691. The van der Waals surface area contributed by atoms with Crippen molar-refractivity contribution in [2.45, 2.75) is 18.9 Å². The second-order valence-corrected chi connectivity index (χ2v) is 2.36. The zero-order chi connectivity index (χ0) is 10.3. The predicted molar refractivity (Wildman–Crippen MR) is 44.1 cm³/mol. The van der Waals surface area contributed by atoms with Crippen LogP contribution in [0.5, 0.6) is 0 Å². The van der Waals surface area contributed by atoms with Crippen LogP contribution >= 0.6 is 0 Å². The van der Waals surface area contributed by atoms with Crippen molar-refractivity contribution in [2.75, 3.05) is 21.3 Å². The lowest BCUT2D eigenvalue weighted by molar-refractivity contribution is -0.153. The molecule has 0 aliphatic carbocycles. The van der Waals surface area contributed by atoms with Gasteiger partial charge in [0.2, 0.25) is 0 Å². The molecule has 1 atom stereocenters. The van der Waals surface area contributed by atoms with Gasteiger partial charge in [0, 0.05) is 13.5 Å². The Morgan fingerprint density at radius 1 is 1.15 bits per heavy atom. The van der Waals surface area contributed by atoms with Crippen molar-refractivity contribution in [2.24, 2.45) is 0 Å². The first-order valence-electron chi connectivity index (χ1n) is 3.83. The average molecular weight is 190 g/mol.